The molecule has 0 spiro atoms. The highest BCUT2D eigenvalue weighted by Crippen LogP contribution is 2.61. The van der Waals surface area contributed by atoms with Crippen molar-refractivity contribution in [1.29, 1.82) is 0 Å². The maximum atomic E-state index is 2.75. The Labute approximate surface area is 396 Å². The van der Waals surface area contributed by atoms with Crippen molar-refractivity contribution in [1.82, 2.24) is 0 Å². The predicted octanol–water partition coefficient (Wildman–Crippen LogP) is 15.6. The van der Waals surface area contributed by atoms with Crippen molar-refractivity contribution in [3.05, 3.63) is 246 Å². The average molecular weight is 873 g/mol. The van der Waals surface area contributed by atoms with E-state index in [0.29, 0.717) is 0 Å². The molecule has 2 nitrogen and oxygen atoms in total. The van der Waals surface area contributed by atoms with E-state index >= 15 is 0 Å². The Morgan fingerprint density at radius 1 is 0.478 bits per heavy atom. The highest BCUT2D eigenvalue weighted by atomic mass is 32.1. The van der Waals surface area contributed by atoms with Crippen LogP contribution in [0.5, 0.6) is 0 Å². The van der Waals surface area contributed by atoms with Gasteiger partial charge in [-0.1, -0.05) is 209 Å². The summed E-state index contributed by atoms with van der Waals surface area (Å²) in [5.41, 5.74) is 19.7. The van der Waals surface area contributed by atoms with E-state index in [1.54, 1.807) is 0 Å². The van der Waals surface area contributed by atoms with Crippen molar-refractivity contribution in [3.8, 4) is 22.3 Å². The third kappa shape index (κ3) is 5.28. The number of benzene rings is 10. The Balaban J connectivity index is 1.18. The van der Waals surface area contributed by atoms with Crippen LogP contribution in [0.1, 0.15) is 48.6 Å². The highest BCUT2D eigenvalue weighted by molar-refractivity contribution is 7.26. The van der Waals surface area contributed by atoms with Crippen molar-refractivity contribution < 1.29 is 0 Å². The van der Waals surface area contributed by atoms with Gasteiger partial charge in [-0.15, -0.1) is 11.3 Å². The molecule has 10 aromatic carbocycles. The quantitative estimate of drug-likeness (QED) is 0.163. The summed E-state index contributed by atoms with van der Waals surface area (Å²) in [6.07, 6.45) is 0. The number of hydrogen-bond acceptors (Lipinski definition) is 3. The molecule has 11 aromatic rings. The third-order valence-corrected chi connectivity index (χ3v) is 16.2. The van der Waals surface area contributed by atoms with Crippen LogP contribution in [0.2, 0.25) is 0 Å². The van der Waals surface area contributed by atoms with E-state index in [1.807, 2.05) is 11.3 Å². The zero-order chi connectivity index (χ0) is 44.6. The van der Waals surface area contributed by atoms with Gasteiger partial charge in [-0.2, -0.15) is 0 Å². The van der Waals surface area contributed by atoms with Crippen LogP contribution in [0.4, 0.5) is 28.4 Å². The fraction of sp³-hybridized carbons (Fsp3) is 0.0794. The molecule has 3 aliphatic rings. The van der Waals surface area contributed by atoms with Gasteiger partial charge >= 0.3 is 6.85 Å². The Morgan fingerprint density at radius 2 is 1.13 bits per heavy atom. The summed E-state index contributed by atoms with van der Waals surface area (Å²) < 4.78 is 2.61. The molecule has 0 unspecified atom stereocenters. The lowest BCUT2D eigenvalue weighted by Crippen LogP contribution is -2.63. The number of anilines is 5. The monoisotopic (exact) mass is 872 g/mol. The zero-order valence-electron chi connectivity index (χ0n) is 37.7. The number of hydrogen-bond donors (Lipinski definition) is 0. The molecule has 4 heteroatoms. The topological polar surface area (TPSA) is 6.48 Å². The van der Waals surface area contributed by atoms with Crippen LogP contribution in [-0.4, -0.2) is 6.85 Å². The molecule has 0 aliphatic carbocycles. The van der Waals surface area contributed by atoms with E-state index in [2.05, 4.69) is 249 Å². The Bertz CT molecular complexity index is 3770. The van der Waals surface area contributed by atoms with Gasteiger partial charge in [0.2, 0.25) is 0 Å². The van der Waals surface area contributed by atoms with Crippen LogP contribution < -0.4 is 20.6 Å². The summed E-state index contributed by atoms with van der Waals surface area (Å²) in [6.45, 7) is 6.84. The molecule has 0 radical (unpaired) electrons. The fourth-order valence-electron chi connectivity index (χ4n) is 12.2. The summed E-state index contributed by atoms with van der Waals surface area (Å²) in [5.74, 6) is 0. The zero-order valence-corrected chi connectivity index (χ0v) is 38.5. The first-order chi connectivity index (χ1) is 32.9. The average Bonchev–Trinajstić information content (AvgIpc) is 3.76. The SMILES string of the molecule is CC(C)(C)c1ccc(N2c3cc4ccccc4c4c3B(c3ccc5c(sc6ccccc65)c32)N2c3ccccc3C(c3ccccc3)(c3ccccc3)c3cccc-4c32)c(-c2ccccc2)c1. The molecule has 0 amide bonds. The van der Waals surface area contributed by atoms with E-state index in [4.69, 9.17) is 0 Å². The van der Waals surface area contributed by atoms with Crippen LogP contribution in [0.3, 0.4) is 0 Å². The Hall–Kier alpha value is -7.66. The lowest BCUT2D eigenvalue weighted by molar-refractivity contribution is 0.590. The summed E-state index contributed by atoms with van der Waals surface area (Å²) in [5, 5.41) is 5.11. The molecule has 0 saturated carbocycles. The normalized spacial score (nSPS) is 14.2. The van der Waals surface area contributed by atoms with Gasteiger partial charge in [0.25, 0.3) is 0 Å². The fourth-order valence-corrected chi connectivity index (χ4v) is 13.4. The largest absolute Gasteiger partial charge is 0.376 e. The van der Waals surface area contributed by atoms with E-state index in [-0.39, 0.29) is 12.3 Å². The minimum Gasteiger partial charge on any atom is -0.376 e. The Morgan fingerprint density at radius 3 is 1.90 bits per heavy atom. The molecular weight excluding hydrogens is 828 g/mol. The number of thiophene rings is 1. The molecule has 0 saturated heterocycles. The van der Waals surface area contributed by atoms with Crippen molar-refractivity contribution in [2.24, 2.45) is 0 Å². The summed E-state index contributed by atoms with van der Waals surface area (Å²) in [4.78, 5) is 5.42. The van der Waals surface area contributed by atoms with E-state index in [0.717, 1.165) is 0 Å². The van der Waals surface area contributed by atoms with Crippen molar-refractivity contribution in [2.75, 3.05) is 9.71 Å². The number of rotatable bonds is 4. The Kier molecular flexibility index (Phi) is 8.17. The van der Waals surface area contributed by atoms with Gasteiger partial charge in [-0.05, 0) is 96.4 Å². The van der Waals surface area contributed by atoms with Gasteiger partial charge in [0.05, 0.1) is 21.5 Å². The molecule has 316 valence electrons. The minimum absolute atomic E-state index is 0.0361. The number of para-hydroxylation sites is 2. The van der Waals surface area contributed by atoms with Crippen molar-refractivity contribution >= 4 is 88.5 Å². The lowest BCUT2D eigenvalue weighted by Gasteiger charge is -2.53. The van der Waals surface area contributed by atoms with E-state index in [1.165, 1.54) is 120 Å². The second kappa shape index (κ2) is 14.2. The smallest absolute Gasteiger partial charge is 0.333 e. The van der Waals surface area contributed by atoms with E-state index < -0.39 is 5.41 Å². The van der Waals surface area contributed by atoms with Gasteiger partial charge in [-0.25, -0.2) is 0 Å². The van der Waals surface area contributed by atoms with Gasteiger partial charge < -0.3 is 9.71 Å². The molecule has 0 fully saturated rings. The maximum absolute atomic E-state index is 2.75. The standard InChI is InChI=1S/C63H45BN2S/c1-62(2,3)44-34-37-53(49(39-44)40-20-7-4-8-21-40)65-55-38-41-22-13-14-27-45(41)57-48-29-19-31-51-59(48)66(64(58(55)57)52-36-35-47-46-28-15-18-33-56(46)67-61(47)60(52)65)54-32-17-16-30-50(54)63(51,42-23-9-5-10-24-42)43-25-11-6-12-26-43/h4-39H,1-3H3. The van der Waals surface area contributed by atoms with Gasteiger partial charge in [0.15, 0.2) is 0 Å². The molecule has 0 bridgehead atoms. The predicted molar refractivity (Wildman–Crippen MR) is 287 cm³/mol. The van der Waals surface area contributed by atoms with Gasteiger partial charge in [0, 0.05) is 43.7 Å². The van der Waals surface area contributed by atoms with Gasteiger partial charge in [0.1, 0.15) is 0 Å². The molecule has 3 aliphatic heterocycles. The molecule has 4 heterocycles. The van der Waals surface area contributed by atoms with Crippen LogP contribution in [0, 0.1) is 0 Å². The highest BCUT2D eigenvalue weighted by Gasteiger charge is 2.54. The molecule has 1 aromatic heterocycles. The maximum Gasteiger partial charge on any atom is 0.333 e. The van der Waals surface area contributed by atoms with Crippen LogP contribution in [0.15, 0.2) is 218 Å². The molecule has 0 N–H and O–H groups in total. The minimum atomic E-state index is -0.579. The van der Waals surface area contributed by atoms with Crippen molar-refractivity contribution in [2.45, 2.75) is 31.6 Å². The van der Waals surface area contributed by atoms with Crippen LogP contribution in [0.25, 0.3) is 53.2 Å². The molecule has 0 atom stereocenters. The van der Waals surface area contributed by atoms with Gasteiger partial charge in [-0.3, -0.25) is 0 Å². The number of fused-ring (bicyclic) bond motifs is 12. The summed E-state index contributed by atoms with van der Waals surface area (Å²) in [7, 11) is 0. The molecular formula is C63H45BN2S. The third-order valence-electron chi connectivity index (χ3n) is 15.0. The summed E-state index contributed by atoms with van der Waals surface area (Å²) in [6, 6.07) is 82.7. The molecule has 14 rings (SSSR count). The second-order valence-electron chi connectivity index (χ2n) is 19.5. The first-order valence-corrected chi connectivity index (χ1v) is 24.4. The first kappa shape index (κ1) is 38.6. The number of nitrogens with zero attached hydrogens (tertiary/aromatic N) is 2. The van der Waals surface area contributed by atoms with Crippen molar-refractivity contribution in [3.63, 3.8) is 0 Å². The van der Waals surface area contributed by atoms with E-state index in [9.17, 15) is 0 Å². The first-order valence-electron chi connectivity index (χ1n) is 23.5. The van der Waals surface area contributed by atoms with Crippen LogP contribution >= 0.6 is 11.3 Å². The van der Waals surface area contributed by atoms with Crippen LogP contribution in [-0.2, 0) is 10.8 Å². The summed E-state index contributed by atoms with van der Waals surface area (Å²) >= 11 is 1.93. The second-order valence-corrected chi connectivity index (χ2v) is 20.6. The molecule has 67 heavy (non-hydrogen) atoms. The lowest BCUT2D eigenvalue weighted by atomic mass is 9.42.